The standard InChI is InChI=1S/C6H4F4O2/c1-2-3-12-5(11)6(9,10)4(7)8/h1,4H,3H2. The Morgan fingerprint density at radius 3 is 2.42 bits per heavy atom. The van der Waals surface area contributed by atoms with E-state index in [2.05, 4.69) is 11.2 Å². The van der Waals surface area contributed by atoms with Gasteiger partial charge in [-0.15, -0.1) is 6.42 Å². The van der Waals surface area contributed by atoms with E-state index in [0.717, 1.165) is 0 Å². The van der Waals surface area contributed by atoms with Gasteiger partial charge in [0.25, 0.3) is 0 Å². The van der Waals surface area contributed by atoms with Gasteiger partial charge in [0.05, 0.1) is 0 Å². The molecule has 0 saturated heterocycles. The number of hydrogen-bond acceptors (Lipinski definition) is 2. The zero-order valence-electron chi connectivity index (χ0n) is 5.69. The highest BCUT2D eigenvalue weighted by atomic mass is 19.3. The summed E-state index contributed by atoms with van der Waals surface area (Å²) in [5.41, 5.74) is 0. The molecule has 12 heavy (non-hydrogen) atoms. The number of terminal acetylenes is 1. The molecule has 0 atom stereocenters. The van der Waals surface area contributed by atoms with Crippen LogP contribution in [0.15, 0.2) is 0 Å². The molecule has 0 bridgehead atoms. The first-order valence-corrected chi connectivity index (χ1v) is 2.69. The monoisotopic (exact) mass is 184 g/mol. The first-order chi connectivity index (χ1) is 5.42. The van der Waals surface area contributed by atoms with E-state index in [9.17, 15) is 22.4 Å². The average Bonchev–Trinajstić information content (AvgIpc) is 1.99. The lowest BCUT2D eigenvalue weighted by molar-refractivity contribution is -0.192. The fourth-order valence-electron chi connectivity index (χ4n) is 0.293. The van der Waals surface area contributed by atoms with Gasteiger partial charge < -0.3 is 4.74 Å². The van der Waals surface area contributed by atoms with Crippen molar-refractivity contribution in [3.63, 3.8) is 0 Å². The van der Waals surface area contributed by atoms with Crippen LogP contribution in [0.3, 0.4) is 0 Å². The highest BCUT2D eigenvalue weighted by Crippen LogP contribution is 2.23. The topological polar surface area (TPSA) is 26.3 Å². The van der Waals surface area contributed by atoms with E-state index in [1.807, 2.05) is 0 Å². The van der Waals surface area contributed by atoms with Crippen LogP contribution in [0.25, 0.3) is 0 Å². The molecule has 0 aliphatic rings. The maximum atomic E-state index is 12.0. The number of carbonyl (C=O) groups excluding carboxylic acids is 1. The predicted molar refractivity (Wildman–Crippen MR) is 30.7 cm³/mol. The molecular weight excluding hydrogens is 180 g/mol. The summed E-state index contributed by atoms with van der Waals surface area (Å²) in [5, 5.41) is 0. The van der Waals surface area contributed by atoms with Crippen LogP contribution in [-0.2, 0) is 9.53 Å². The zero-order chi connectivity index (χ0) is 9.78. The predicted octanol–water partition coefficient (Wildman–Crippen LogP) is 1.06. The zero-order valence-corrected chi connectivity index (χ0v) is 5.69. The Kier molecular flexibility index (Phi) is 3.54. The average molecular weight is 184 g/mol. The van der Waals surface area contributed by atoms with E-state index < -0.39 is 24.9 Å². The van der Waals surface area contributed by atoms with Crippen LogP contribution >= 0.6 is 0 Å². The van der Waals surface area contributed by atoms with Crippen LogP contribution in [0.5, 0.6) is 0 Å². The van der Waals surface area contributed by atoms with E-state index in [-0.39, 0.29) is 0 Å². The van der Waals surface area contributed by atoms with Gasteiger partial charge in [-0.25, -0.2) is 13.6 Å². The summed E-state index contributed by atoms with van der Waals surface area (Å²) >= 11 is 0. The van der Waals surface area contributed by atoms with E-state index in [1.165, 1.54) is 0 Å². The van der Waals surface area contributed by atoms with Crippen molar-refractivity contribution in [2.24, 2.45) is 0 Å². The van der Waals surface area contributed by atoms with Gasteiger partial charge in [-0.3, -0.25) is 0 Å². The van der Waals surface area contributed by atoms with Crippen molar-refractivity contribution in [3.8, 4) is 12.3 Å². The van der Waals surface area contributed by atoms with Crippen molar-refractivity contribution in [2.75, 3.05) is 6.61 Å². The van der Waals surface area contributed by atoms with E-state index in [4.69, 9.17) is 0 Å². The Morgan fingerprint density at radius 2 is 2.08 bits per heavy atom. The molecule has 0 aromatic rings. The SMILES string of the molecule is C#CCOC(=O)C(F)(F)C(F)F. The lowest BCUT2D eigenvalue weighted by atomic mass is 10.3. The summed E-state index contributed by atoms with van der Waals surface area (Å²) in [6.07, 6.45) is 0.456. The second-order valence-electron chi connectivity index (χ2n) is 1.70. The summed E-state index contributed by atoms with van der Waals surface area (Å²) in [6.45, 7) is -0.749. The van der Waals surface area contributed by atoms with Crippen molar-refractivity contribution in [2.45, 2.75) is 12.3 Å². The Hall–Kier alpha value is -1.25. The molecule has 0 aliphatic carbocycles. The molecule has 0 rings (SSSR count). The number of rotatable bonds is 3. The molecule has 68 valence electrons. The van der Waals surface area contributed by atoms with Crippen molar-refractivity contribution < 1.29 is 27.1 Å². The third kappa shape index (κ3) is 2.42. The van der Waals surface area contributed by atoms with Gasteiger partial charge in [0.1, 0.15) is 0 Å². The second kappa shape index (κ2) is 3.95. The lowest BCUT2D eigenvalue weighted by Gasteiger charge is -2.12. The Labute approximate surface area is 65.5 Å². The van der Waals surface area contributed by atoms with Crippen LogP contribution < -0.4 is 0 Å². The van der Waals surface area contributed by atoms with Crippen LogP contribution in [0.4, 0.5) is 17.6 Å². The molecule has 0 aliphatic heterocycles. The van der Waals surface area contributed by atoms with Crippen LogP contribution in [0, 0.1) is 12.3 Å². The van der Waals surface area contributed by atoms with Gasteiger partial charge in [0, 0.05) is 0 Å². The number of carbonyl (C=O) groups is 1. The molecule has 0 amide bonds. The molecule has 0 saturated carbocycles. The smallest absolute Gasteiger partial charge is 0.401 e. The maximum absolute atomic E-state index is 12.0. The summed E-state index contributed by atoms with van der Waals surface area (Å²) in [5.74, 6) is -5.40. The fourth-order valence-corrected chi connectivity index (χ4v) is 0.293. The minimum Gasteiger partial charge on any atom is -0.448 e. The summed E-state index contributed by atoms with van der Waals surface area (Å²) in [6, 6.07) is 0. The third-order valence-electron chi connectivity index (χ3n) is 0.833. The van der Waals surface area contributed by atoms with E-state index in [1.54, 1.807) is 5.92 Å². The first-order valence-electron chi connectivity index (χ1n) is 2.69. The number of alkyl halides is 4. The first kappa shape index (κ1) is 10.8. The lowest BCUT2D eigenvalue weighted by Crippen LogP contribution is -2.38. The van der Waals surface area contributed by atoms with Gasteiger partial charge in [-0.05, 0) is 0 Å². The maximum Gasteiger partial charge on any atom is 0.401 e. The Bertz CT molecular complexity index is 206. The molecule has 0 unspecified atom stereocenters. The van der Waals surface area contributed by atoms with Crippen LogP contribution in [0.2, 0.25) is 0 Å². The van der Waals surface area contributed by atoms with Gasteiger partial charge in [-0.2, -0.15) is 8.78 Å². The highest BCUT2D eigenvalue weighted by molar-refractivity contribution is 5.78. The van der Waals surface area contributed by atoms with Crippen molar-refractivity contribution >= 4 is 5.97 Å². The van der Waals surface area contributed by atoms with Gasteiger partial charge in [0.15, 0.2) is 6.61 Å². The second-order valence-corrected chi connectivity index (χ2v) is 1.70. The molecule has 0 spiro atoms. The van der Waals surface area contributed by atoms with E-state index >= 15 is 0 Å². The highest BCUT2D eigenvalue weighted by Gasteiger charge is 2.50. The normalized spacial score (nSPS) is 11.0. The molecule has 0 aromatic heterocycles. The number of hydrogen-bond donors (Lipinski definition) is 0. The molecule has 0 fully saturated rings. The van der Waals surface area contributed by atoms with Gasteiger partial charge >= 0.3 is 18.3 Å². The number of ether oxygens (including phenoxy) is 1. The van der Waals surface area contributed by atoms with Crippen molar-refractivity contribution in [1.82, 2.24) is 0 Å². The van der Waals surface area contributed by atoms with Crippen LogP contribution in [0.1, 0.15) is 0 Å². The largest absolute Gasteiger partial charge is 0.448 e. The molecule has 0 heterocycles. The summed E-state index contributed by atoms with van der Waals surface area (Å²) in [4.78, 5) is 10.1. The van der Waals surface area contributed by atoms with E-state index in [0.29, 0.717) is 0 Å². The Morgan fingerprint density at radius 1 is 1.58 bits per heavy atom. The fraction of sp³-hybridized carbons (Fsp3) is 0.500. The quantitative estimate of drug-likeness (QED) is 0.372. The van der Waals surface area contributed by atoms with Crippen LogP contribution in [-0.4, -0.2) is 24.9 Å². The van der Waals surface area contributed by atoms with Crippen molar-refractivity contribution in [1.29, 1.82) is 0 Å². The molecular formula is C6H4F4O2. The molecule has 6 heteroatoms. The number of esters is 1. The third-order valence-corrected chi connectivity index (χ3v) is 0.833. The van der Waals surface area contributed by atoms with Gasteiger partial charge in [-0.1, -0.05) is 5.92 Å². The number of halogens is 4. The van der Waals surface area contributed by atoms with Gasteiger partial charge in [0.2, 0.25) is 0 Å². The Balaban J connectivity index is 4.18. The molecule has 2 nitrogen and oxygen atoms in total. The molecule has 0 aromatic carbocycles. The van der Waals surface area contributed by atoms with Crippen molar-refractivity contribution in [3.05, 3.63) is 0 Å². The minimum absolute atomic E-state index is 0.749. The summed E-state index contributed by atoms with van der Waals surface area (Å²) in [7, 11) is 0. The molecule has 0 N–H and O–H groups in total. The summed E-state index contributed by atoms with van der Waals surface area (Å²) < 4.78 is 50.3. The minimum atomic E-state index is -4.78. The molecule has 0 radical (unpaired) electrons.